The van der Waals surface area contributed by atoms with Gasteiger partial charge in [-0.05, 0) is 61.6 Å². The van der Waals surface area contributed by atoms with Gasteiger partial charge in [0.25, 0.3) is 11.8 Å². The van der Waals surface area contributed by atoms with Crippen LogP contribution in [0.1, 0.15) is 37.3 Å². The summed E-state index contributed by atoms with van der Waals surface area (Å²) in [7, 11) is 0. The van der Waals surface area contributed by atoms with Gasteiger partial charge in [-0.1, -0.05) is 29.8 Å². The molecule has 0 saturated carbocycles. The van der Waals surface area contributed by atoms with Gasteiger partial charge in [-0.3, -0.25) is 14.4 Å². The molecule has 1 saturated heterocycles. The summed E-state index contributed by atoms with van der Waals surface area (Å²) in [5, 5.41) is 3.19. The first-order chi connectivity index (χ1) is 14.9. The number of rotatable bonds is 4. The first-order valence-electron chi connectivity index (χ1n) is 10.4. The number of benzene rings is 2. The Morgan fingerprint density at radius 2 is 1.65 bits per heavy atom. The Morgan fingerprint density at radius 3 is 2.29 bits per heavy atom. The molecule has 2 aliphatic rings. The van der Waals surface area contributed by atoms with E-state index >= 15 is 0 Å². The summed E-state index contributed by atoms with van der Waals surface area (Å²) in [6, 6.07) is 12.2. The molecule has 2 aromatic rings. The van der Waals surface area contributed by atoms with Crippen LogP contribution in [0.3, 0.4) is 0 Å². The van der Waals surface area contributed by atoms with Crippen molar-refractivity contribution in [2.75, 3.05) is 23.3 Å². The van der Waals surface area contributed by atoms with Gasteiger partial charge in [0.1, 0.15) is 5.70 Å². The second-order valence-corrected chi connectivity index (χ2v) is 8.34. The van der Waals surface area contributed by atoms with Crippen LogP contribution < -0.4 is 10.2 Å². The van der Waals surface area contributed by atoms with Gasteiger partial charge in [0, 0.05) is 30.7 Å². The molecule has 1 fully saturated rings. The summed E-state index contributed by atoms with van der Waals surface area (Å²) in [5.41, 5.74) is 3.41. The van der Waals surface area contributed by atoms with E-state index in [0.717, 1.165) is 37.9 Å². The number of nitrogens with one attached hydrogen (secondary N) is 1. The molecular weight excluding hydrogens is 414 g/mol. The molecule has 160 valence electrons. The first kappa shape index (κ1) is 21.1. The Bertz CT molecular complexity index is 1090. The monoisotopic (exact) mass is 437 g/mol. The van der Waals surface area contributed by atoms with Crippen molar-refractivity contribution >= 4 is 46.3 Å². The number of carbonyl (C=O) groups is 3. The lowest BCUT2D eigenvalue weighted by Gasteiger charge is -2.29. The summed E-state index contributed by atoms with van der Waals surface area (Å²) in [5.74, 6) is -0.850. The van der Waals surface area contributed by atoms with Crippen LogP contribution >= 0.6 is 11.6 Å². The topological polar surface area (TPSA) is 69.7 Å². The van der Waals surface area contributed by atoms with Crippen LogP contribution in [-0.4, -0.2) is 35.7 Å². The molecule has 1 N–H and O–H groups in total. The van der Waals surface area contributed by atoms with Crippen molar-refractivity contribution in [2.45, 2.75) is 33.1 Å². The number of hydrogen-bond acceptors (Lipinski definition) is 4. The minimum Gasteiger partial charge on any atom is -0.366 e. The number of carbonyl (C=O) groups excluding carboxylic acids is 3. The van der Waals surface area contributed by atoms with E-state index in [2.05, 4.69) is 5.32 Å². The number of piperidine rings is 1. The quantitative estimate of drug-likeness (QED) is 0.721. The second-order valence-electron chi connectivity index (χ2n) is 7.91. The number of aryl methyl sites for hydroxylation is 1. The fraction of sp³-hybridized carbons (Fsp3) is 0.292. The Balaban J connectivity index is 1.80. The number of nitrogens with zero attached hydrogens (tertiary/aromatic N) is 2. The number of halogens is 1. The zero-order valence-corrected chi connectivity index (χ0v) is 18.3. The van der Waals surface area contributed by atoms with Crippen molar-refractivity contribution in [1.29, 1.82) is 0 Å². The van der Waals surface area contributed by atoms with Gasteiger partial charge >= 0.3 is 0 Å². The van der Waals surface area contributed by atoms with Gasteiger partial charge < -0.3 is 10.2 Å². The summed E-state index contributed by atoms with van der Waals surface area (Å²) in [6.45, 7) is 4.77. The predicted molar refractivity (Wildman–Crippen MR) is 122 cm³/mol. The Hall–Kier alpha value is -3.12. The average molecular weight is 438 g/mol. The molecule has 2 aromatic carbocycles. The minimum atomic E-state index is -0.358. The zero-order valence-electron chi connectivity index (χ0n) is 17.6. The van der Waals surface area contributed by atoms with Crippen molar-refractivity contribution in [2.24, 2.45) is 0 Å². The molecule has 4 rings (SSSR count). The number of amides is 3. The number of hydrogen-bond donors (Lipinski definition) is 1. The summed E-state index contributed by atoms with van der Waals surface area (Å²) < 4.78 is 0. The van der Waals surface area contributed by atoms with Crippen LogP contribution in [0.4, 0.5) is 11.4 Å². The maximum atomic E-state index is 13.6. The first-order valence-corrected chi connectivity index (χ1v) is 10.8. The molecule has 0 unspecified atom stereocenters. The van der Waals surface area contributed by atoms with Gasteiger partial charge in [-0.2, -0.15) is 0 Å². The smallest absolute Gasteiger partial charge is 0.282 e. The van der Waals surface area contributed by atoms with Crippen LogP contribution in [0.2, 0.25) is 5.02 Å². The molecule has 0 aromatic heterocycles. The highest BCUT2D eigenvalue weighted by Crippen LogP contribution is 2.38. The van der Waals surface area contributed by atoms with Crippen LogP contribution in [0.15, 0.2) is 48.2 Å². The molecule has 3 amide bonds. The third-order valence-electron chi connectivity index (χ3n) is 5.64. The van der Waals surface area contributed by atoms with Gasteiger partial charge in [-0.25, -0.2) is 4.90 Å². The summed E-state index contributed by atoms with van der Waals surface area (Å²) >= 11 is 6.18. The second kappa shape index (κ2) is 8.55. The minimum absolute atomic E-state index is 0.171. The molecular formula is C24H24ClN3O3. The van der Waals surface area contributed by atoms with Gasteiger partial charge in [0.2, 0.25) is 5.91 Å². The van der Waals surface area contributed by atoms with Gasteiger partial charge in [0.15, 0.2) is 0 Å². The average Bonchev–Trinajstić information content (AvgIpc) is 3.01. The van der Waals surface area contributed by atoms with E-state index in [1.165, 1.54) is 11.8 Å². The van der Waals surface area contributed by atoms with Gasteiger partial charge in [0.05, 0.1) is 11.3 Å². The molecule has 0 spiro atoms. The number of anilines is 2. The van der Waals surface area contributed by atoms with Crippen LogP contribution in [-0.2, 0) is 14.4 Å². The highest BCUT2D eigenvalue weighted by atomic mass is 35.5. The van der Waals surface area contributed by atoms with Crippen molar-refractivity contribution < 1.29 is 14.4 Å². The normalized spacial score (nSPS) is 16.9. The Morgan fingerprint density at radius 1 is 0.968 bits per heavy atom. The van der Waals surface area contributed by atoms with E-state index in [0.29, 0.717) is 33.2 Å². The van der Waals surface area contributed by atoms with E-state index in [4.69, 9.17) is 11.6 Å². The van der Waals surface area contributed by atoms with Crippen LogP contribution in [0.25, 0.3) is 5.57 Å². The van der Waals surface area contributed by atoms with E-state index in [9.17, 15) is 14.4 Å². The lowest BCUT2D eigenvalue weighted by molar-refractivity contribution is -0.121. The molecule has 0 aliphatic carbocycles. The highest BCUT2D eigenvalue weighted by Gasteiger charge is 2.43. The Kier molecular flexibility index (Phi) is 5.83. The third-order valence-corrected chi connectivity index (χ3v) is 5.87. The van der Waals surface area contributed by atoms with E-state index < -0.39 is 0 Å². The van der Waals surface area contributed by atoms with Crippen molar-refractivity contribution in [3.8, 4) is 0 Å². The van der Waals surface area contributed by atoms with Crippen molar-refractivity contribution in [3.05, 3.63) is 64.3 Å². The van der Waals surface area contributed by atoms with Crippen LogP contribution in [0.5, 0.6) is 0 Å². The Labute approximate surface area is 186 Å². The molecule has 31 heavy (non-hydrogen) atoms. The van der Waals surface area contributed by atoms with E-state index in [1.54, 1.807) is 42.5 Å². The zero-order chi connectivity index (χ0) is 22.1. The standard InChI is InChI=1S/C24H24ClN3O3/c1-15-6-9-18(25)14-20(15)28-23(30)21(17-7-10-19(11-8-17)26-16(2)29)22(24(28)31)27-12-4-3-5-13-27/h6-11,14H,3-5,12-13H2,1-2H3,(H,26,29). The molecule has 7 heteroatoms. The number of imide groups is 1. The summed E-state index contributed by atoms with van der Waals surface area (Å²) in [4.78, 5) is 41.8. The predicted octanol–water partition coefficient (Wildman–Crippen LogP) is 4.38. The van der Waals surface area contributed by atoms with E-state index in [-0.39, 0.29) is 17.7 Å². The van der Waals surface area contributed by atoms with Crippen LogP contribution in [0, 0.1) is 6.92 Å². The lowest BCUT2D eigenvalue weighted by Crippen LogP contribution is -2.37. The van der Waals surface area contributed by atoms with Gasteiger partial charge in [-0.15, -0.1) is 0 Å². The molecule has 2 heterocycles. The summed E-state index contributed by atoms with van der Waals surface area (Å²) in [6.07, 6.45) is 3.08. The molecule has 0 atom stereocenters. The fourth-order valence-electron chi connectivity index (χ4n) is 4.15. The maximum Gasteiger partial charge on any atom is 0.282 e. The largest absolute Gasteiger partial charge is 0.366 e. The maximum absolute atomic E-state index is 13.6. The van der Waals surface area contributed by atoms with E-state index in [1.807, 2.05) is 11.8 Å². The number of likely N-dealkylation sites (tertiary alicyclic amines) is 1. The van der Waals surface area contributed by atoms with Crippen molar-refractivity contribution in [3.63, 3.8) is 0 Å². The molecule has 6 nitrogen and oxygen atoms in total. The molecule has 0 radical (unpaired) electrons. The fourth-order valence-corrected chi connectivity index (χ4v) is 4.32. The highest BCUT2D eigenvalue weighted by molar-refractivity contribution is 6.45. The third kappa shape index (κ3) is 4.08. The lowest BCUT2D eigenvalue weighted by atomic mass is 10.0. The molecule has 0 bridgehead atoms. The SMILES string of the molecule is CC(=O)Nc1ccc(C2=C(N3CCCCC3)C(=O)N(c3cc(Cl)ccc3C)C2=O)cc1. The molecule has 2 aliphatic heterocycles. The van der Waals surface area contributed by atoms with Crippen molar-refractivity contribution in [1.82, 2.24) is 4.90 Å².